The van der Waals surface area contributed by atoms with Crippen molar-refractivity contribution in [2.75, 3.05) is 7.05 Å². The topological polar surface area (TPSA) is 49.7 Å². The molecule has 0 aromatic heterocycles. The molecule has 0 saturated heterocycles. The molecule has 1 heterocycles. The molecule has 0 spiro atoms. The zero-order chi connectivity index (χ0) is 11.8. The SMILES string of the molecule is CC1=NS(=O)(=O)N(C)C(c2ccccc2)=C1. The van der Waals surface area contributed by atoms with Crippen molar-refractivity contribution in [2.24, 2.45) is 4.40 Å². The van der Waals surface area contributed by atoms with E-state index in [0.29, 0.717) is 11.4 Å². The molecule has 0 N–H and O–H groups in total. The number of hydrogen-bond donors (Lipinski definition) is 0. The van der Waals surface area contributed by atoms with Crippen molar-refractivity contribution in [3.63, 3.8) is 0 Å². The number of allylic oxidation sites excluding steroid dienone is 1. The molecule has 0 saturated carbocycles. The average Bonchev–Trinajstić information content (AvgIpc) is 2.24. The predicted molar refractivity (Wildman–Crippen MR) is 64.2 cm³/mol. The number of benzene rings is 1. The maximum absolute atomic E-state index is 11.7. The fraction of sp³-hybridized carbons (Fsp3) is 0.182. The monoisotopic (exact) mass is 236 g/mol. The lowest BCUT2D eigenvalue weighted by molar-refractivity contribution is 0.547. The summed E-state index contributed by atoms with van der Waals surface area (Å²) in [5, 5.41) is 0. The number of rotatable bonds is 1. The minimum Gasteiger partial charge on any atom is -0.254 e. The standard InChI is InChI=1S/C11H12N2O2S/c1-9-8-11(10-6-4-3-5-7-10)13(2)16(14,15)12-9/h3-8H,1-2H3. The van der Waals surface area contributed by atoms with E-state index in [1.54, 1.807) is 13.0 Å². The summed E-state index contributed by atoms with van der Waals surface area (Å²) >= 11 is 0. The summed E-state index contributed by atoms with van der Waals surface area (Å²) in [6, 6.07) is 9.38. The molecule has 1 aliphatic rings. The van der Waals surface area contributed by atoms with Crippen molar-refractivity contribution >= 4 is 21.6 Å². The van der Waals surface area contributed by atoms with Crippen molar-refractivity contribution < 1.29 is 8.42 Å². The predicted octanol–water partition coefficient (Wildman–Crippen LogP) is 1.68. The molecule has 0 bridgehead atoms. The van der Waals surface area contributed by atoms with E-state index in [4.69, 9.17) is 0 Å². The van der Waals surface area contributed by atoms with E-state index < -0.39 is 10.2 Å². The van der Waals surface area contributed by atoms with Gasteiger partial charge in [0.2, 0.25) is 0 Å². The van der Waals surface area contributed by atoms with Crippen molar-refractivity contribution in [1.82, 2.24) is 4.31 Å². The molecule has 0 atom stereocenters. The van der Waals surface area contributed by atoms with Crippen molar-refractivity contribution in [1.29, 1.82) is 0 Å². The second-order valence-electron chi connectivity index (χ2n) is 3.57. The van der Waals surface area contributed by atoms with E-state index >= 15 is 0 Å². The Morgan fingerprint density at radius 3 is 2.44 bits per heavy atom. The molecule has 1 aromatic rings. The summed E-state index contributed by atoms with van der Waals surface area (Å²) < 4.78 is 28.1. The average molecular weight is 236 g/mol. The molecule has 1 aromatic carbocycles. The third-order valence-electron chi connectivity index (χ3n) is 2.36. The van der Waals surface area contributed by atoms with Crippen LogP contribution in [-0.4, -0.2) is 25.5 Å². The highest BCUT2D eigenvalue weighted by Gasteiger charge is 2.24. The molecule has 5 heteroatoms. The second kappa shape index (κ2) is 3.75. The molecule has 0 amide bonds. The van der Waals surface area contributed by atoms with E-state index in [0.717, 1.165) is 5.56 Å². The first-order valence-electron chi connectivity index (χ1n) is 4.83. The Labute approximate surface area is 95.1 Å². The first-order chi connectivity index (χ1) is 7.50. The van der Waals surface area contributed by atoms with E-state index in [1.165, 1.54) is 11.4 Å². The van der Waals surface area contributed by atoms with Crippen LogP contribution >= 0.6 is 0 Å². The van der Waals surface area contributed by atoms with Gasteiger partial charge in [-0.25, -0.2) is 0 Å². The van der Waals surface area contributed by atoms with Crippen LogP contribution in [0.3, 0.4) is 0 Å². The summed E-state index contributed by atoms with van der Waals surface area (Å²) in [7, 11) is -2.05. The summed E-state index contributed by atoms with van der Waals surface area (Å²) in [5.41, 5.74) is 2.01. The largest absolute Gasteiger partial charge is 0.344 e. The van der Waals surface area contributed by atoms with Gasteiger partial charge >= 0.3 is 10.2 Å². The Balaban J connectivity index is 2.55. The van der Waals surface area contributed by atoms with E-state index in [9.17, 15) is 8.42 Å². The molecular weight excluding hydrogens is 224 g/mol. The van der Waals surface area contributed by atoms with Gasteiger partial charge in [0, 0.05) is 7.05 Å². The van der Waals surface area contributed by atoms with Gasteiger partial charge in [-0.1, -0.05) is 30.3 Å². The fourth-order valence-electron chi connectivity index (χ4n) is 1.56. The van der Waals surface area contributed by atoms with Crippen LogP contribution in [0.15, 0.2) is 40.8 Å². The summed E-state index contributed by atoms with van der Waals surface area (Å²) in [5.74, 6) is 0. The Morgan fingerprint density at radius 2 is 1.81 bits per heavy atom. The smallest absolute Gasteiger partial charge is 0.254 e. The molecule has 0 aliphatic carbocycles. The van der Waals surface area contributed by atoms with Gasteiger partial charge in [0.1, 0.15) is 0 Å². The van der Waals surface area contributed by atoms with Crippen LogP contribution in [0.4, 0.5) is 0 Å². The van der Waals surface area contributed by atoms with Crippen LogP contribution in [0.5, 0.6) is 0 Å². The maximum atomic E-state index is 11.7. The summed E-state index contributed by atoms with van der Waals surface area (Å²) in [6.45, 7) is 1.67. The normalized spacial score (nSPS) is 19.0. The molecule has 0 unspecified atom stereocenters. The lowest BCUT2D eigenvalue weighted by Crippen LogP contribution is -2.27. The minimum atomic E-state index is -3.55. The first-order valence-corrected chi connectivity index (χ1v) is 6.23. The van der Waals surface area contributed by atoms with Crippen LogP contribution in [0.2, 0.25) is 0 Å². The van der Waals surface area contributed by atoms with Crippen LogP contribution in [0.1, 0.15) is 12.5 Å². The highest BCUT2D eigenvalue weighted by molar-refractivity contribution is 7.88. The Morgan fingerprint density at radius 1 is 1.19 bits per heavy atom. The maximum Gasteiger partial charge on any atom is 0.344 e. The van der Waals surface area contributed by atoms with Crippen LogP contribution in [0, 0.1) is 0 Å². The Kier molecular flexibility index (Phi) is 2.55. The van der Waals surface area contributed by atoms with Gasteiger partial charge in [0.15, 0.2) is 0 Å². The second-order valence-corrected chi connectivity index (χ2v) is 5.20. The third kappa shape index (κ3) is 1.86. The van der Waals surface area contributed by atoms with Gasteiger partial charge < -0.3 is 0 Å². The van der Waals surface area contributed by atoms with Gasteiger partial charge in [-0.15, -0.1) is 4.40 Å². The fourth-order valence-corrected chi connectivity index (χ4v) is 2.50. The van der Waals surface area contributed by atoms with Crippen molar-refractivity contribution in [3.05, 3.63) is 42.0 Å². The summed E-state index contributed by atoms with van der Waals surface area (Å²) in [4.78, 5) is 0. The van der Waals surface area contributed by atoms with E-state index in [1.807, 2.05) is 30.3 Å². The third-order valence-corrected chi connectivity index (χ3v) is 3.77. The van der Waals surface area contributed by atoms with E-state index in [-0.39, 0.29) is 0 Å². The van der Waals surface area contributed by atoms with Gasteiger partial charge in [-0.3, -0.25) is 4.31 Å². The molecule has 84 valence electrons. The molecular formula is C11H12N2O2S. The minimum absolute atomic E-state index is 0.497. The van der Waals surface area contributed by atoms with Crippen molar-refractivity contribution in [3.8, 4) is 0 Å². The van der Waals surface area contributed by atoms with Gasteiger partial charge in [-0.05, 0) is 18.6 Å². The molecule has 4 nitrogen and oxygen atoms in total. The van der Waals surface area contributed by atoms with E-state index in [2.05, 4.69) is 4.40 Å². The highest BCUT2D eigenvalue weighted by atomic mass is 32.2. The molecule has 0 radical (unpaired) electrons. The van der Waals surface area contributed by atoms with Gasteiger partial charge in [-0.2, -0.15) is 8.42 Å². The van der Waals surface area contributed by atoms with Crippen LogP contribution in [-0.2, 0) is 10.2 Å². The van der Waals surface area contributed by atoms with Gasteiger partial charge in [0.05, 0.1) is 11.4 Å². The number of hydrogen-bond acceptors (Lipinski definition) is 2. The van der Waals surface area contributed by atoms with Crippen LogP contribution < -0.4 is 0 Å². The number of nitrogens with zero attached hydrogens (tertiary/aromatic N) is 2. The molecule has 16 heavy (non-hydrogen) atoms. The lowest BCUT2D eigenvalue weighted by atomic mass is 10.1. The van der Waals surface area contributed by atoms with Crippen molar-refractivity contribution in [2.45, 2.75) is 6.92 Å². The zero-order valence-corrected chi connectivity index (χ0v) is 9.90. The lowest BCUT2D eigenvalue weighted by Gasteiger charge is -2.23. The first kappa shape index (κ1) is 10.9. The molecule has 2 rings (SSSR count). The zero-order valence-electron chi connectivity index (χ0n) is 9.08. The molecule has 1 aliphatic heterocycles. The molecule has 0 fully saturated rings. The highest BCUT2D eigenvalue weighted by Crippen LogP contribution is 2.24. The Bertz CT molecular complexity index is 559. The Hall–Kier alpha value is -1.62. The van der Waals surface area contributed by atoms with Gasteiger partial charge in [0.25, 0.3) is 0 Å². The van der Waals surface area contributed by atoms with Crippen LogP contribution in [0.25, 0.3) is 5.70 Å². The quantitative estimate of drug-likeness (QED) is 0.745. The summed E-state index contributed by atoms with van der Waals surface area (Å²) in [6.07, 6.45) is 1.76.